The normalized spacial score (nSPS) is 14.9. The summed E-state index contributed by atoms with van der Waals surface area (Å²) in [6, 6.07) is 3.86. The Morgan fingerprint density at radius 1 is 0.931 bits per heavy atom. The zero-order chi connectivity index (χ0) is 21.0. The van der Waals surface area contributed by atoms with E-state index < -0.39 is 11.9 Å². The summed E-state index contributed by atoms with van der Waals surface area (Å²) in [5.41, 5.74) is 2.38. The average Bonchev–Trinajstić information content (AvgIpc) is 3.29. The van der Waals surface area contributed by atoms with Crippen LogP contribution < -0.4 is 0 Å². The van der Waals surface area contributed by atoms with Crippen molar-refractivity contribution in [3.05, 3.63) is 34.9 Å². The second kappa shape index (κ2) is 9.21. The standard InChI is InChI=1S/C20H29N5O4/c1-14-10-17(19(26)28-3)21-24(14)12-23(16-8-6-5-7-9-16)13-25-15(2)11-18(22-25)20(27)29-4/h10-11,16H,5-9,12-13H2,1-4H3. The minimum atomic E-state index is -0.443. The second-order valence-electron chi connectivity index (χ2n) is 7.49. The fourth-order valence-corrected chi connectivity index (χ4v) is 3.78. The van der Waals surface area contributed by atoms with Gasteiger partial charge in [0.1, 0.15) is 0 Å². The molecule has 0 bridgehead atoms. The molecule has 1 aliphatic rings. The first-order valence-corrected chi connectivity index (χ1v) is 9.92. The largest absolute Gasteiger partial charge is 0.464 e. The van der Waals surface area contributed by atoms with Crippen LogP contribution in [0.3, 0.4) is 0 Å². The van der Waals surface area contributed by atoms with Crippen molar-refractivity contribution >= 4 is 11.9 Å². The summed E-state index contributed by atoms with van der Waals surface area (Å²) in [6.07, 6.45) is 5.85. The van der Waals surface area contributed by atoms with Gasteiger partial charge in [-0.1, -0.05) is 19.3 Å². The third-order valence-electron chi connectivity index (χ3n) is 5.47. The molecule has 1 fully saturated rings. The first-order chi connectivity index (χ1) is 13.9. The summed E-state index contributed by atoms with van der Waals surface area (Å²) in [7, 11) is 2.70. The molecule has 0 atom stereocenters. The van der Waals surface area contributed by atoms with E-state index in [2.05, 4.69) is 15.1 Å². The third kappa shape index (κ3) is 4.84. The summed E-state index contributed by atoms with van der Waals surface area (Å²) in [5, 5.41) is 8.85. The van der Waals surface area contributed by atoms with E-state index in [4.69, 9.17) is 9.47 Å². The highest BCUT2D eigenvalue weighted by molar-refractivity contribution is 5.87. The molecule has 0 radical (unpaired) electrons. The first kappa shape index (κ1) is 21.0. The first-order valence-electron chi connectivity index (χ1n) is 9.92. The Balaban J connectivity index is 1.84. The van der Waals surface area contributed by atoms with Crippen molar-refractivity contribution in [1.82, 2.24) is 24.5 Å². The van der Waals surface area contributed by atoms with Crippen molar-refractivity contribution in [3.63, 3.8) is 0 Å². The highest BCUT2D eigenvalue weighted by Gasteiger charge is 2.24. The van der Waals surface area contributed by atoms with Gasteiger partial charge in [-0.15, -0.1) is 0 Å². The van der Waals surface area contributed by atoms with E-state index in [1.807, 2.05) is 23.2 Å². The van der Waals surface area contributed by atoms with E-state index in [0.29, 0.717) is 30.8 Å². The van der Waals surface area contributed by atoms with Gasteiger partial charge < -0.3 is 9.47 Å². The Morgan fingerprint density at radius 3 is 1.79 bits per heavy atom. The van der Waals surface area contributed by atoms with Gasteiger partial charge in [0.25, 0.3) is 0 Å². The lowest BCUT2D eigenvalue weighted by molar-refractivity contribution is 0.0580. The number of carbonyl (C=O) groups excluding carboxylic acids is 2. The Morgan fingerprint density at radius 2 is 1.38 bits per heavy atom. The summed E-state index contributed by atoms with van der Waals surface area (Å²) in [4.78, 5) is 26.0. The van der Waals surface area contributed by atoms with Crippen LogP contribution in [0.1, 0.15) is 64.5 Å². The van der Waals surface area contributed by atoms with Crippen molar-refractivity contribution in [2.24, 2.45) is 0 Å². The number of ether oxygens (including phenoxy) is 2. The minimum Gasteiger partial charge on any atom is -0.464 e. The lowest BCUT2D eigenvalue weighted by atomic mass is 9.94. The van der Waals surface area contributed by atoms with Crippen LogP contribution in [0.2, 0.25) is 0 Å². The van der Waals surface area contributed by atoms with Crippen LogP contribution in [0, 0.1) is 13.8 Å². The number of nitrogens with zero attached hydrogens (tertiary/aromatic N) is 5. The monoisotopic (exact) mass is 403 g/mol. The molecule has 1 saturated carbocycles. The van der Waals surface area contributed by atoms with Crippen LogP contribution in [0.15, 0.2) is 12.1 Å². The smallest absolute Gasteiger partial charge is 0.358 e. The van der Waals surface area contributed by atoms with Crippen LogP contribution in [0.5, 0.6) is 0 Å². The lowest BCUT2D eigenvalue weighted by Gasteiger charge is -2.34. The van der Waals surface area contributed by atoms with E-state index >= 15 is 0 Å². The van der Waals surface area contributed by atoms with Crippen molar-refractivity contribution in [2.45, 2.75) is 65.3 Å². The van der Waals surface area contributed by atoms with Crippen LogP contribution in [-0.4, -0.2) is 56.7 Å². The Kier molecular flexibility index (Phi) is 6.68. The molecule has 29 heavy (non-hydrogen) atoms. The zero-order valence-electron chi connectivity index (χ0n) is 17.6. The molecule has 3 rings (SSSR count). The Labute approximate surface area is 170 Å². The molecule has 2 aromatic heterocycles. The van der Waals surface area contributed by atoms with Gasteiger partial charge in [0.05, 0.1) is 27.6 Å². The molecule has 0 unspecified atom stereocenters. The van der Waals surface area contributed by atoms with Gasteiger partial charge in [0.15, 0.2) is 11.4 Å². The predicted octanol–water partition coefficient (Wildman–Crippen LogP) is 2.52. The van der Waals surface area contributed by atoms with Crippen molar-refractivity contribution in [1.29, 1.82) is 0 Å². The van der Waals surface area contributed by atoms with Crippen LogP contribution in [-0.2, 0) is 22.8 Å². The fourth-order valence-electron chi connectivity index (χ4n) is 3.78. The molecular formula is C20H29N5O4. The lowest BCUT2D eigenvalue weighted by Crippen LogP contribution is -2.40. The molecule has 0 amide bonds. The second-order valence-corrected chi connectivity index (χ2v) is 7.49. The molecular weight excluding hydrogens is 374 g/mol. The fraction of sp³-hybridized carbons (Fsp3) is 0.600. The molecule has 2 heterocycles. The van der Waals surface area contributed by atoms with Gasteiger partial charge >= 0.3 is 11.9 Å². The quantitative estimate of drug-likeness (QED) is 0.656. The summed E-state index contributed by atoms with van der Waals surface area (Å²) >= 11 is 0. The highest BCUT2D eigenvalue weighted by atomic mass is 16.5. The maximum absolute atomic E-state index is 11.8. The Hall–Kier alpha value is -2.68. The molecule has 0 aromatic carbocycles. The van der Waals surface area contributed by atoms with Gasteiger partial charge in [-0.2, -0.15) is 10.2 Å². The minimum absolute atomic E-state index is 0.303. The van der Waals surface area contributed by atoms with Crippen molar-refractivity contribution < 1.29 is 19.1 Å². The Bertz CT molecular complexity index is 804. The number of methoxy groups -OCH3 is 2. The summed E-state index contributed by atoms with van der Waals surface area (Å²) in [6.45, 7) is 4.90. The number of hydrogen-bond acceptors (Lipinski definition) is 7. The van der Waals surface area contributed by atoms with Crippen LogP contribution >= 0.6 is 0 Å². The van der Waals surface area contributed by atoms with E-state index in [0.717, 1.165) is 24.2 Å². The number of hydrogen-bond donors (Lipinski definition) is 0. The molecule has 0 saturated heterocycles. The molecule has 9 nitrogen and oxygen atoms in total. The van der Waals surface area contributed by atoms with Crippen LogP contribution in [0.25, 0.3) is 0 Å². The SMILES string of the molecule is COC(=O)c1cc(C)n(CN(Cn2nc(C(=O)OC)cc2C)C2CCCCC2)n1. The molecule has 1 aliphatic carbocycles. The number of aromatic nitrogens is 4. The average molecular weight is 403 g/mol. The van der Waals surface area contributed by atoms with E-state index in [-0.39, 0.29) is 0 Å². The predicted molar refractivity (Wildman–Crippen MR) is 105 cm³/mol. The van der Waals surface area contributed by atoms with E-state index in [1.165, 1.54) is 33.5 Å². The summed E-state index contributed by atoms with van der Waals surface area (Å²) < 4.78 is 13.2. The molecule has 158 valence electrons. The molecule has 0 spiro atoms. The molecule has 9 heteroatoms. The highest BCUT2D eigenvalue weighted by Crippen LogP contribution is 2.24. The topological polar surface area (TPSA) is 91.5 Å². The van der Waals surface area contributed by atoms with Crippen LogP contribution in [0.4, 0.5) is 0 Å². The number of esters is 2. The van der Waals surface area contributed by atoms with E-state index in [1.54, 1.807) is 12.1 Å². The maximum Gasteiger partial charge on any atom is 0.358 e. The van der Waals surface area contributed by atoms with Crippen molar-refractivity contribution in [3.8, 4) is 0 Å². The zero-order valence-corrected chi connectivity index (χ0v) is 17.6. The third-order valence-corrected chi connectivity index (χ3v) is 5.47. The van der Waals surface area contributed by atoms with Gasteiger partial charge in [-0.25, -0.2) is 9.59 Å². The van der Waals surface area contributed by atoms with Gasteiger partial charge in [-0.05, 0) is 38.8 Å². The molecule has 0 aliphatic heterocycles. The van der Waals surface area contributed by atoms with Gasteiger partial charge in [0.2, 0.25) is 0 Å². The summed E-state index contributed by atoms with van der Waals surface area (Å²) in [5.74, 6) is -0.886. The van der Waals surface area contributed by atoms with Crippen molar-refractivity contribution in [2.75, 3.05) is 14.2 Å². The molecule has 0 N–H and O–H groups in total. The number of aryl methyl sites for hydroxylation is 2. The maximum atomic E-state index is 11.8. The molecule has 2 aromatic rings. The van der Waals surface area contributed by atoms with Gasteiger partial charge in [-0.3, -0.25) is 14.3 Å². The van der Waals surface area contributed by atoms with E-state index in [9.17, 15) is 9.59 Å². The number of carbonyl (C=O) groups is 2. The van der Waals surface area contributed by atoms with Gasteiger partial charge in [0, 0.05) is 17.4 Å². The number of rotatable bonds is 7.